The highest BCUT2D eigenvalue weighted by Crippen LogP contribution is 2.49. The van der Waals surface area contributed by atoms with E-state index in [0.717, 1.165) is 11.6 Å². The molecule has 5 nitrogen and oxygen atoms in total. The number of H-pyrrole nitrogens is 1. The molecule has 1 saturated heterocycles. The zero-order valence-corrected chi connectivity index (χ0v) is 18.0. The van der Waals surface area contributed by atoms with Crippen molar-refractivity contribution < 1.29 is 27.8 Å². The molecule has 2 N–H and O–H groups in total. The number of aromatic nitrogens is 1. The van der Waals surface area contributed by atoms with Crippen molar-refractivity contribution in [2.45, 2.75) is 31.2 Å². The summed E-state index contributed by atoms with van der Waals surface area (Å²) in [5.41, 5.74) is 2.26. The lowest BCUT2D eigenvalue weighted by Crippen LogP contribution is -2.52. The van der Waals surface area contributed by atoms with Gasteiger partial charge in [0.05, 0.1) is 30.5 Å². The Morgan fingerprint density at radius 1 is 1.12 bits per heavy atom. The third-order valence-electron chi connectivity index (χ3n) is 6.87. The van der Waals surface area contributed by atoms with Crippen LogP contribution in [0.4, 0.5) is 13.2 Å². The summed E-state index contributed by atoms with van der Waals surface area (Å²) in [6.45, 7) is 1.37. The first-order chi connectivity index (χ1) is 16.0. The van der Waals surface area contributed by atoms with Crippen LogP contribution in [0, 0.1) is 23.4 Å². The number of aliphatic hydroxyl groups excluding tert-OH is 1. The molecule has 2 heterocycles. The molecule has 1 aromatic heterocycles. The Morgan fingerprint density at radius 3 is 2.61 bits per heavy atom. The van der Waals surface area contributed by atoms with Crippen molar-refractivity contribution >= 4 is 16.8 Å². The van der Waals surface area contributed by atoms with Gasteiger partial charge in [-0.15, -0.1) is 0 Å². The summed E-state index contributed by atoms with van der Waals surface area (Å²) in [5, 5.41) is 9.77. The van der Waals surface area contributed by atoms with E-state index in [2.05, 4.69) is 4.98 Å². The Balaban J connectivity index is 1.45. The largest absolute Gasteiger partial charge is 0.396 e. The third kappa shape index (κ3) is 4.02. The van der Waals surface area contributed by atoms with Crippen LogP contribution in [0.2, 0.25) is 0 Å². The highest BCUT2D eigenvalue weighted by Gasteiger charge is 2.42. The van der Waals surface area contributed by atoms with Gasteiger partial charge in [0.1, 0.15) is 17.5 Å². The molecule has 1 aliphatic carbocycles. The molecule has 1 atom stereocenters. The van der Waals surface area contributed by atoms with Gasteiger partial charge in [-0.2, -0.15) is 0 Å². The van der Waals surface area contributed by atoms with Crippen LogP contribution in [0.1, 0.15) is 30.7 Å². The molecule has 1 unspecified atom stereocenters. The number of carbonyl (C=O) groups is 1. The van der Waals surface area contributed by atoms with Crippen LogP contribution in [0.5, 0.6) is 0 Å². The van der Waals surface area contributed by atoms with Crippen molar-refractivity contribution in [2.24, 2.45) is 5.92 Å². The zero-order chi connectivity index (χ0) is 23.1. The normalized spacial score (nSPS) is 23.0. The number of nitrogens with zero attached hydrogens (tertiary/aromatic N) is 1. The molecule has 33 heavy (non-hydrogen) atoms. The number of nitrogens with one attached hydrogen (secondary N) is 1. The maximum atomic E-state index is 14.5. The van der Waals surface area contributed by atoms with E-state index in [1.54, 1.807) is 17.0 Å². The van der Waals surface area contributed by atoms with Gasteiger partial charge in [0, 0.05) is 30.5 Å². The number of rotatable bonds is 5. The molecule has 1 saturated carbocycles. The molecular weight excluding hydrogens is 433 g/mol. The second-order valence-corrected chi connectivity index (χ2v) is 8.87. The van der Waals surface area contributed by atoms with Crippen LogP contribution in [0.3, 0.4) is 0 Å². The Bertz CT molecular complexity index is 1170. The SMILES string of the molecule is O=C(C1CC(c2c(-c3ccc(F)cc3)[nH]c3c(F)cc(F)cc23)C1)N1CCOCC1CCO. The van der Waals surface area contributed by atoms with E-state index >= 15 is 0 Å². The maximum absolute atomic E-state index is 14.5. The summed E-state index contributed by atoms with van der Waals surface area (Å²) in [5.74, 6) is -1.96. The highest BCUT2D eigenvalue weighted by atomic mass is 19.1. The lowest BCUT2D eigenvalue weighted by molar-refractivity contribution is -0.148. The average molecular weight is 458 g/mol. The van der Waals surface area contributed by atoms with Crippen molar-refractivity contribution in [3.05, 3.63) is 59.4 Å². The Hall–Kier alpha value is -2.84. The fourth-order valence-corrected chi connectivity index (χ4v) is 5.13. The lowest BCUT2D eigenvalue weighted by Gasteiger charge is -2.42. The first-order valence-corrected chi connectivity index (χ1v) is 11.2. The van der Waals surface area contributed by atoms with E-state index in [9.17, 15) is 23.1 Å². The summed E-state index contributed by atoms with van der Waals surface area (Å²) in [6, 6.07) is 7.87. The van der Waals surface area contributed by atoms with Gasteiger partial charge in [0.2, 0.25) is 5.91 Å². The van der Waals surface area contributed by atoms with Gasteiger partial charge in [-0.3, -0.25) is 4.79 Å². The second-order valence-electron chi connectivity index (χ2n) is 8.87. The molecule has 1 aliphatic heterocycles. The van der Waals surface area contributed by atoms with Crippen LogP contribution in [0.15, 0.2) is 36.4 Å². The number of benzene rings is 2. The summed E-state index contributed by atoms with van der Waals surface area (Å²) >= 11 is 0. The number of carbonyl (C=O) groups excluding carboxylic acids is 1. The van der Waals surface area contributed by atoms with Gasteiger partial charge < -0.3 is 19.7 Å². The van der Waals surface area contributed by atoms with Crippen molar-refractivity contribution in [1.82, 2.24) is 9.88 Å². The zero-order valence-electron chi connectivity index (χ0n) is 18.0. The molecule has 2 fully saturated rings. The van der Waals surface area contributed by atoms with E-state index < -0.39 is 11.6 Å². The topological polar surface area (TPSA) is 65.6 Å². The minimum absolute atomic E-state index is 0.0153. The van der Waals surface area contributed by atoms with Crippen molar-refractivity contribution in [2.75, 3.05) is 26.4 Å². The fraction of sp³-hybridized carbons (Fsp3) is 0.400. The number of amides is 1. The van der Waals surface area contributed by atoms with Gasteiger partial charge in [-0.05, 0) is 66.6 Å². The smallest absolute Gasteiger partial charge is 0.226 e. The molecular formula is C25H25F3N2O3. The fourth-order valence-electron chi connectivity index (χ4n) is 5.13. The lowest BCUT2D eigenvalue weighted by atomic mass is 9.69. The number of hydrogen-bond donors (Lipinski definition) is 2. The summed E-state index contributed by atoms with van der Waals surface area (Å²) in [7, 11) is 0. The van der Waals surface area contributed by atoms with Crippen LogP contribution in [-0.2, 0) is 9.53 Å². The Kier molecular flexibility index (Phi) is 5.88. The van der Waals surface area contributed by atoms with E-state index in [4.69, 9.17) is 4.74 Å². The Morgan fingerprint density at radius 2 is 1.88 bits per heavy atom. The minimum Gasteiger partial charge on any atom is -0.396 e. The number of hydrogen-bond acceptors (Lipinski definition) is 3. The molecule has 3 aromatic rings. The van der Waals surface area contributed by atoms with Crippen molar-refractivity contribution in [1.29, 1.82) is 0 Å². The first-order valence-electron chi connectivity index (χ1n) is 11.2. The van der Waals surface area contributed by atoms with Crippen LogP contribution < -0.4 is 0 Å². The Labute approximate surface area is 189 Å². The standard InChI is InChI=1S/C25H25F3N2O3/c26-17-3-1-14(2-4-17)23-22(20-11-18(27)12-21(28)24(20)29-23)15-9-16(10-15)25(32)30-6-8-33-13-19(30)5-7-31/h1-4,11-12,15-16,19,29,31H,5-10,13H2. The van der Waals surface area contributed by atoms with Gasteiger partial charge >= 0.3 is 0 Å². The molecule has 2 aliphatic rings. The summed E-state index contributed by atoms with van der Waals surface area (Å²) in [6.07, 6.45) is 1.58. The average Bonchev–Trinajstić information content (AvgIpc) is 3.13. The maximum Gasteiger partial charge on any atom is 0.226 e. The number of morpholine rings is 1. The van der Waals surface area contributed by atoms with Crippen molar-refractivity contribution in [3.8, 4) is 11.3 Å². The number of ether oxygens (including phenoxy) is 1. The molecule has 5 rings (SSSR count). The predicted octanol–water partition coefficient (Wildman–Crippen LogP) is 4.36. The van der Waals surface area contributed by atoms with Crippen molar-refractivity contribution in [3.63, 3.8) is 0 Å². The number of halogens is 3. The van der Waals surface area contributed by atoms with Crippen LogP contribution in [0.25, 0.3) is 22.2 Å². The molecule has 0 spiro atoms. The highest BCUT2D eigenvalue weighted by molar-refractivity contribution is 5.92. The number of aromatic amines is 1. The van der Waals surface area contributed by atoms with Gasteiger partial charge in [-0.25, -0.2) is 13.2 Å². The molecule has 2 aromatic carbocycles. The van der Waals surface area contributed by atoms with E-state index in [1.807, 2.05) is 0 Å². The molecule has 1 amide bonds. The molecule has 0 bridgehead atoms. The van der Waals surface area contributed by atoms with Crippen LogP contribution >= 0.6 is 0 Å². The van der Waals surface area contributed by atoms with Gasteiger partial charge in [0.25, 0.3) is 0 Å². The monoisotopic (exact) mass is 458 g/mol. The van der Waals surface area contributed by atoms with E-state index in [1.165, 1.54) is 18.2 Å². The quantitative estimate of drug-likeness (QED) is 0.597. The summed E-state index contributed by atoms with van der Waals surface area (Å²) < 4.78 is 47.6. The molecule has 8 heteroatoms. The molecule has 0 radical (unpaired) electrons. The van der Waals surface area contributed by atoms with E-state index in [0.29, 0.717) is 55.7 Å². The summed E-state index contributed by atoms with van der Waals surface area (Å²) in [4.78, 5) is 18.0. The minimum atomic E-state index is -0.688. The first kappa shape index (κ1) is 22.0. The number of fused-ring (bicyclic) bond motifs is 1. The van der Waals surface area contributed by atoms with Gasteiger partial charge in [-0.1, -0.05) is 0 Å². The van der Waals surface area contributed by atoms with E-state index in [-0.39, 0.29) is 41.7 Å². The molecule has 174 valence electrons. The third-order valence-corrected chi connectivity index (χ3v) is 6.87. The predicted molar refractivity (Wildman–Crippen MR) is 117 cm³/mol. The van der Waals surface area contributed by atoms with Gasteiger partial charge in [0.15, 0.2) is 0 Å². The van der Waals surface area contributed by atoms with Crippen LogP contribution in [-0.4, -0.2) is 53.3 Å². The number of aliphatic hydroxyl groups is 1. The second kappa shape index (κ2) is 8.83.